The summed E-state index contributed by atoms with van der Waals surface area (Å²) in [5.74, 6) is -173. The van der Waals surface area contributed by atoms with Crippen molar-refractivity contribution in [2.24, 2.45) is 0 Å². The van der Waals surface area contributed by atoms with Gasteiger partial charge in [0.1, 0.15) is 0 Å². The lowest BCUT2D eigenvalue weighted by Gasteiger charge is -2.44. The molecule has 0 aliphatic heterocycles. The molecule has 0 heterocycles. The molecule has 0 aromatic carbocycles. The molecule has 0 rings (SSSR count). The molecular formula is C22H4F40O2. The van der Waals surface area contributed by atoms with Crippen LogP contribution in [0.3, 0.4) is 0 Å². The predicted molar refractivity (Wildman–Crippen MR) is 112 cm³/mol. The van der Waals surface area contributed by atoms with Crippen LogP contribution >= 0.6 is 0 Å². The van der Waals surface area contributed by atoms with E-state index in [-0.39, 0.29) is 0 Å². The smallest absolute Gasteiger partial charge is 0.410 e. The molecule has 64 heavy (non-hydrogen) atoms. The van der Waals surface area contributed by atoms with Crippen molar-refractivity contribution >= 4 is 5.97 Å². The third-order valence-corrected chi connectivity index (χ3v) is 7.61. The summed E-state index contributed by atoms with van der Waals surface area (Å²) in [6.07, 6.45) is -13.0. The molecule has 0 amide bonds. The van der Waals surface area contributed by atoms with Gasteiger partial charge in [-0.2, -0.15) is 158 Å². The van der Waals surface area contributed by atoms with Gasteiger partial charge in [-0.3, -0.25) is 0 Å². The summed E-state index contributed by atoms with van der Waals surface area (Å²) in [5.41, 5.74) is 0. The van der Waals surface area contributed by atoms with Crippen LogP contribution in [0, 0.1) is 0 Å². The lowest BCUT2D eigenvalue weighted by Crippen LogP contribution is -2.77. The van der Waals surface area contributed by atoms with E-state index in [9.17, 15) is 180 Å². The van der Waals surface area contributed by atoms with Gasteiger partial charge in [0.15, 0.2) is 6.61 Å². The van der Waals surface area contributed by atoms with E-state index >= 15 is 0 Å². The SMILES string of the molecule is O=C(OCC(F)(F)C(F)(F)C(F)(F)C(F)(F)C(F)(F)C(F)(F)C(F)(F)C(F)(F)C(F)(F)C(F)F)C(F)(F)C(F)(F)C(F)(F)C(F)(F)C(F)(F)C(F)(F)C(F)(F)C(F)(F)C(F)(F)C(F)F. The Kier molecular flexibility index (Phi) is 14.6. The van der Waals surface area contributed by atoms with Crippen LogP contribution in [-0.4, -0.2) is 132 Å². The summed E-state index contributed by atoms with van der Waals surface area (Å²) in [6, 6.07) is 0. The molecular weight excluding hydrogens is 1060 g/mol. The fourth-order valence-electron chi connectivity index (χ4n) is 3.56. The summed E-state index contributed by atoms with van der Waals surface area (Å²) >= 11 is 0. The van der Waals surface area contributed by atoms with Crippen molar-refractivity contribution in [3.05, 3.63) is 0 Å². The maximum absolute atomic E-state index is 13.9. The second-order valence-electron chi connectivity index (χ2n) is 11.7. The van der Waals surface area contributed by atoms with E-state index in [1.807, 2.05) is 0 Å². The van der Waals surface area contributed by atoms with Crippen molar-refractivity contribution in [2.45, 2.75) is 119 Å². The molecule has 2 nitrogen and oxygen atoms in total. The van der Waals surface area contributed by atoms with Crippen LogP contribution in [0.1, 0.15) is 0 Å². The van der Waals surface area contributed by atoms with Crippen molar-refractivity contribution in [3.63, 3.8) is 0 Å². The highest BCUT2D eigenvalue weighted by atomic mass is 19.4. The lowest BCUT2D eigenvalue weighted by molar-refractivity contribution is -0.466. The lowest BCUT2D eigenvalue weighted by atomic mass is 9.86. The monoisotopic (exact) mass is 1060 g/mol. The van der Waals surface area contributed by atoms with Crippen LogP contribution in [0.5, 0.6) is 0 Å². The van der Waals surface area contributed by atoms with Crippen LogP contribution in [0.15, 0.2) is 0 Å². The van der Waals surface area contributed by atoms with Gasteiger partial charge < -0.3 is 4.74 Å². The van der Waals surface area contributed by atoms with Crippen molar-refractivity contribution in [1.29, 1.82) is 0 Å². The zero-order chi connectivity index (χ0) is 53.1. The summed E-state index contributed by atoms with van der Waals surface area (Å²) in [6.45, 7) is -5.25. The first kappa shape index (κ1) is 60.7. The van der Waals surface area contributed by atoms with E-state index in [0.717, 1.165) is 0 Å². The Morgan fingerprint density at radius 1 is 0.281 bits per heavy atom. The fourth-order valence-corrected chi connectivity index (χ4v) is 3.56. The molecule has 0 atom stereocenters. The van der Waals surface area contributed by atoms with E-state index in [2.05, 4.69) is 0 Å². The average molecular weight is 1060 g/mol. The molecule has 42 heteroatoms. The van der Waals surface area contributed by atoms with Gasteiger partial charge in [0.2, 0.25) is 0 Å². The maximum Gasteiger partial charge on any atom is 0.410 e. The Hall–Kier alpha value is -3.33. The topological polar surface area (TPSA) is 26.3 Å². The number of halogens is 40. The first-order chi connectivity index (χ1) is 27.0. The number of carbonyl (C=O) groups excluding carboxylic acids is 1. The molecule has 0 bridgehead atoms. The average Bonchev–Trinajstić information content (AvgIpc) is 3.08. The van der Waals surface area contributed by atoms with Gasteiger partial charge in [0.05, 0.1) is 0 Å². The molecule has 384 valence electrons. The Labute approximate surface area is 318 Å². The van der Waals surface area contributed by atoms with E-state index in [1.54, 1.807) is 4.74 Å². The second kappa shape index (κ2) is 15.4. The van der Waals surface area contributed by atoms with Gasteiger partial charge in [-0.05, 0) is 0 Å². The highest BCUT2D eigenvalue weighted by molar-refractivity contribution is 5.79. The fraction of sp³-hybridized carbons (Fsp3) is 0.955. The second-order valence-corrected chi connectivity index (χ2v) is 11.7. The van der Waals surface area contributed by atoms with Gasteiger partial charge in [-0.15, -0.1) is 0 Å². The summed E-state index contributed by atoms with van der Waals surface area (Å²) < 4.78 is 539. The third-order valence-electron chi connectivity index (χ3n) is 7.61. The molecule has 0 unspecified atom stereocenters. The Bertz CT molecular complexity index is 1680. The largest absolute Gasteiger partial charge is 0.454 e. The molecule has 0 aliphatic rings. The predicted octanol–water partition coefficient (Wildman–Crippen LogP) is 12.5. The van der Waals surface area contributed by atoms with Crippen molar-refractivity contribution in [2.75, 3.05) is 6.61 Å². The van der Waals surface area contributed by atoms with Gasteiger partial charge in [-0.25, -0.2) is 22.4 Å². The summed E-state index contributed by atoms with van der Waals surface area (Å²) in [7, 11) is 0. The minimum atomic E-state index is -9.86. The Morgan fingerprint density at radius 3 is 0.656 bits per heavy atom. The number of alkyl halides is 40. The number of rotatable bonds is 21. The van der Waals surface area contributed by atoms with Crippen molar-refractivity contribution < 1.29 is 185 Å². The quantitative estimate of drug-likeness (QED) is 0.0846. The normalized spacial score (nSPS) is 16.8. The maximum atomic E-state index is 13.9. The van der Waals surface area contributed by atoms with Crippen LogP contribution in [-0.2, 0) is 9.53 Å². The Balaban J connectivity index is 7.25. The molecule has 0 aliphatic carbocycles. The molecule has 0 fully saturated rings. The number of hydrogen-bond donors (Lipinski definition) is 0. The highest BCUT2D eigenvalue weighted by Gasteiger charge is 2.99. The number of esters is 1. The van der Waals surface area contributed by atoms with Crippen LogP contribution in [0.2, 0.25) is 0 Å². The van der Waals surface area contributed by atoms with Gasteiger partial charge in [0, 0.05) is 0 Å². The van der Waals surface area contributed by atoms with Crippen LogP contribution in [0.4, 0.5) is 176 Å². The molecule has 0 saturated heterocycles. The number of hydrogen-bond acceptors (Lipinski definition) is 2. The first-order valence-corrected chi connectivity index (χ1v) is 13.6. The first-order valence-electron chi connectivity index (χ1n) is 13.6. The zero-order valence-corrected chi connectivity index (χ0v) is 27.3. The molecule has 0 N–H and O–H groups in total. The van der Waals surface area contributed by atoms with E-state index in [1.165, 1.54) is 0 Å². The highest BCUT2D eigenvalue weighted by Crippen LogP contribution is 2.68. The van der Waals surface area contributed by atoms with E-state index in [0.29, 0.717) is 0 Å². The molecule has 0 aromatic heterocycles. The van der Waals surface area contributed by atoms with Crippen molar-refractivity contribution in [3.8, 4) is 0 Å². The van der Waals surface area contributed by atoms with E-state index < -0.39 is 132 Å². The van der Waals surface area contributed by atoms with Gasteiger partial charge in [0.25, 0.3) is 0 Å². The van der Waals surface area contributed by atoms with E-state index in [4.69, 9.17) is 0 Å². The minimum Gasteiger partial charge on any atom is -0.454 e. The van der Waals surface area contributed by atoms with Crippen LogP contribution in [0.25, 0.3) is 0 Å². The van der Waals surface area contributed by atoms with Crippen molar-refractivity contribution in [1.82, 2.24) is 0 Å². The van der Waals surface area contributed by atoms with Gasteiger partial charge in [-0.1, -0.05) is 0 Å². The number of carbonyl (C=O) groups is 1. The standard InChI is InChI=1S/C22H4F40O2/c23-2(24)6(29,30)10(37,38)14(45,46)18(53,54)21(59,60)17(51,52)13(43,44)9(35,36)5(27,28)1-64-4(63)8(33,34)12(41,42)16(49,50)20(57,58)22(61,62)19(55,56)15(47,48)11(39,40)7(31,32)3(25)26/h2-3H,1H2. The number of ether oxygens (including phenoxy) is 1. The minimum absolute atomic E-state index is 1.71. The summed E-state index contributed by atoms with van der Waals surface area (Å²) in [4.78, 5) is 11.1. The Morgan fingerprint density at radius 2 is 0.453 bits per heavy atom. The molecule has 0 saturated carbocycles. The summed E-state index contributed by atoms with van der Waals surface area (Å²) in [5, 5.41) is 0. The third kappa shape index (κ3) is 7.20. The zero-order valence-electron chi connectivity index (χ0n) is 27.3. The molecule has 0 aromatic rings. The molecule has 0 radical (unpaired) electrons. The van der Waals surface area contributed by atoms with Gasteiger partial charge >= 0.3 is 125 Å². The molecule has 0 spiro atoms. The van der Waals surface area contributed by atoms with Crippen LogP contribution < -0.4 is 0 Å².